The van der Waals surface area contributed by atoms with Crippen LogP contribution in [0.3, 0.4) is 0 Å². The first-order valence-electron chi connectivity index (χ1n) is 6.42. The smallest absolute Gasteiger partial charge is 0.0565 e. The van der Waals surface area contributed by atoms with Crippen molar-refractivity contribution in [3.05, 3.63) is 22.9 Å². The first-order valence-corrected chi connectivity index (χ1v) is 7.22. The van der Waals surface area contributed by atoms with Crippen LogP contribution in [0, 0.1) is 0 Å². The van der Waals surface area contributed by atoms with Gasteiger partial charge in [0.1, 0.15) is 0 Å². The van der Waals surface area contributed by atoms with Gasteiger partial charge in [-0.1, -0.05) is 6.42 Å². The molecule has 0 amide bonds. The number of pyridine rings is 1. The van der Waals surface area contributed by atoms with Gasteiger partial charge in [0.2, 0.25) is 0 Å². The summed E-state index contributed by atoms with van der Waals surface area (Å²) in [5.41, 5.74) is 1.25. The van der Waals surface area contributed by atoms with E-state index in [1.54, 1.807) is 0 Å². The fraction of sp³-hybridized carbons (Fsp3) is 0.615. The molecule has 0 aliphatic carbocycles. The van der Waals surface area contributed by atoms with Crippen molar-refractivity contribution >= 4 is 21.6 Å². The van der Waals surface area contributed by atoms with E-state index in [0.717, 1.165) is 23.6 Å². The molecule has 3 heterocycles. The van der Waals surface area contributed by atoms with Crippen LogP contribution in [0.2, 0.25) is 0 Å². The third-order valence-electron chi connectivity index (χ3n) is 3.89. The van der Waals surface area contributed by atoms with Crippen LogP contribution in [0.1, 0.15) is 19.3 Å². The lowest BCUT2D eigenvalue weighted by molar-refractivity contribution is 0.133. The summed E-state index contributed by atoms with van der Waals surface area (Å²) in [7, 11) is 0. The van der Waals surface area contributed by atoms with Crippen molar-refractivity contribution in [2.75, 3.05) is 31.1 Å². The molecule has 0 radical (unpaired) electrons. The fourth-order valence-electron chi connectivity index (χ4n) is 2.96. The van der Waals surface area contributed by atoms with Gasteiger partial charge in [0.25, 0.3) is 0 Å². The van der Waals surface area contributed by atoms with Gasteiger partial charge in [-0.25, -0.2) is 0 Å². The van der Waals surface area contributed by atoms with E-state index in [4.69, 9.17) is 0 Å². The quantitative estimate of drug-likeness (QED) is 0.794. The molecule has 0 aromatic carbocycles. The largest absolute Gasteiger partial charge is 0.367 e. The van der Waals surface area contributed by atoms with E-state index >= 15 is 0 Å². The molecule has 3 rings (SSSR count). The van der Waals surface area contributed by atoms with E-state index < -0.39 is 0 Å². The summed E-state index contributed by atoms with van der Waals surface area (Å²) in [5, 5.41) is 0. The Morgan fingerprint density at radius 3 is 3.00 bits per heavy atom. The number of aromatic nitrogens is 1. The third-order valence-corrected chi connectivity index (χ3v) is 4.33. The maximum atomic E-state index is 4.26. The lowest BCUT2D eigenvalue weighted by Crippen LogP contribution is -2.54. The van der Waals surface area contributed by atoms with Gasteiger partial charge in [0.15, 0.2) is 0 Å². The molecule has 2 aliphatic heterocycles. The SMILES string of the molecule is Brc1cncc(N2CCN3CCCCC3C2)c1. The summed E-state index contributed by atoms with van der Waals surface area (Å²) in [4.78, 5) is 9.40. The molecule has 2 fully saturated rings. The van der Waals surface area contributed by atoms with Gasteiger partial charge in [-0.15, -0.1) is 0 Å². The monoisotopic (exact) mass is 295 g/mol. The second-order valence-corrected chi connectivity index (χ2v) is 5.91. The van der Waals surface area contributed by atoms with Gasteiger partial charge in [0, 0.05) is 36.3 Å². The molecule has 1 aromatic rings. The van der Waals surface area contributed by atoms with Crippen LogP contribution >= 0.6 is 15.9 Å². The Hall–Kier alpha value is -0.610. The second-order valence-electron chi connectivity index (χ2n) is 4.99. The average molecular weight is 296 g/mol. The van der Waals surface area contributed by atoms with Gasteiger partial charge >= 0.3 is 0 Å². The number of piperidine rings is 1. The Morgan fingerprint density at radius 1 is 1.18 bits per heavy atom. The van der Waals surface area contributed by atoms with Crippen molar-refractivity contribution in [2.24, 2.45) is 0 Å². The highest BCUT2D eigenvalue weighted by molar-refractivity contribution is 9.10. The number of fused-ring (bicyclic) bond motifs is 1. The molecule has 0 N–H and O–H groups in total. The van der Waals surface area contributed by atoms with Crippen molar-refractivity contribution < 1.29 is 0 Å². The molecule has 2 saturated heterocycles. The van der Waals surface area contributed by atoms with Gasteiger partial charge in [-0.2, -0.15) is 0 Å². The van der Waals surface area contributed by atoms with Crippen molar-refractivity contribution in [3.63, 3.8) is 0 Å². The van der Waals surface area contributed by atoms with Crippen LogP contribution < -0.4 is 4.90 Å². The van der Waals surface area contributed by atoms with Crippen molar-refractivity contribution in [1.29, 1.82) is 0 Å². The van der Waals surface area contributed by atoms with Crippen molar-refractivity contribution in [2.45, 2.75) is 25.3 Å². The lowest BCUT2D eigenvalue weighted by Gasteiger charge is -2.44. The Kier molecular flexibility index (Phi) is 3.34. The first kappa shape index (κ1) is 11.5. The Morgan fingerprint density at radius 2 is 2.12 bits per heavy atom. The predicted molar refractivity (Wildman–Crippen MR) is 73.4 cm³/mol. The molecule has 3 nitrogen and oxygen atoms in total. The number of hydrogen-bond donors (Lipinski definition) is 0. The van der Waals surface area contributed by atoms with E-state index in [1.807, 2.05) is 12.4 Å². The minimum atomic E-state index is 0.761. The van der Waals surface area contributed by atoms with E-state index in [2.05, 4.69) is 36.8 Å². The van der Waals surface area contributed by atoms with Gasteiger partial charge in [-0.05, 0) is 41.4 Å². The van der Waals surface area contributed by atoms with Gasteiger partial charge in [0.05, 0.1) is 11.9 Å². The molecule has 1 unspecified atom stereocenters. The van der Waals surface area contributed by atoms with Crippen LogP contribution in [0.25, 0.3) is 0 Å². The van der Waals surface area contributed by atoms with Crippen LogP contribution in [0.15, 0.2) is 22.9 Å². The number of rotatable bonds is 1. The van der Waals surface area contributed by atoms with E-state index in [-0.39, 0.29) is 0 Å². The molecule has 1 atom stereocenters. The minimum Gasteiger partial charge on any atom is -0.367 e. The predicted octanol–water partition coefficient (Wildman–Crippen LogP) is 2.52. The average Bonchev–Trinajstić information content (AvgIpc) is 2.38. The van der Waals surface area contributed by atoms with Crippen molar-refractivity contribution in [1.82, 2.24) is 9.88 Å². The number of nitrogens with zero attached hydrogens (tertiary/aromatic N) is 3. The third kappa shape index (κ3) is 2.47. The first-order chi connectivity index (χ1) is 8.33. The van der Waals surface area contributed by atoms with Crippen LogP contribution in [-0.2, 0) is 0 Å². The molecule has 0 spiro atoms. The summed E-state index contributed by atoms with van der Waals surface area (Å²) < 4.78 is 1.07. The zero-order valence-corrected chi connectivity index (χ0v) is 11.6. The number of piperazine rings is 1. The summed E-state index contributed by atoms with van der Waals surface area (Å²) in [6, 6.07) is 2.93. The highest BCUT2D eigenvalue weighted by atomic mass is 79.9. The van der Waals surface area contributed by atoms with Crippen molar-refractivity contribution in [3.8, 4) is 0 Å². The molecule has 4 heteroatoms. The Bertz CT molecular complexity index is 396. The Balaban J connectivity index is 1.73. The summed E-state index contributed by atoms with van der Waals surface area (Å²) >= 11 is 3.50. The molecular weight excluding hydrogens is 278 g/mol. The lowest BCUT2D eigenvalue weighted by atomic mass is 9.99. The Labute approximate surface area is 111 Å². The highest BCUT2D eigenvalue weighted by Gasteiger charge is 2.28. The summed E-state index contributed by atoms with van der Waals surface area (Å²) in [5.74, 6) is 0. The standard InChI is InChI=1S/C13H18BrN3/c14-11-7-13(9-15-8-11)17-6-5-16-4-2-1-3-12(16)10-17/h7-9,12H,1-6,10H2. The molecule has 0 saturated carbocycles. The van der Waals surface area contributed by atoms with Crippen LogP contribution in [0.5, 0.6) is 0 Å². The molecule has 0 bridgehead atoms. The summed E-state index contributed by atoms with van der Waals surface area (Å²) in [6.45, 7) is 4.80. The molecular formula is C13H18BrN3. The zero-order chi connectivity index (χ0) is 11.7. The maximum absolute atomic E-state index is 4.26. The van der Waals surface area contributed by atoms with Gasteiger partial charge in [-0.3, -0.25) is 9.88 Å². The maximum Gasteiger partial charge on any atom is 0.0565 e. The van der Waals surface area contributed by atoms with Gasteiger partial charge < -0.3 is 4.90 Å². The number of hydrogen-bond acceptors (Lipinski definition) is 3. The number of anilines is 1. The zero-order valence-electron chi connectivity index (χ0n) is 9.98. The van der Waals surface area contributed by atoms with Crippen LogP contribution in [0.4, 0.5) is 5.69 Å². The fourth-order valence-corrected chi connectivity index (χ4v) is 3.32. The van der Waals surface area contributed by atoms with E-state index in [1.165, 1.54) is 38.0 Å². The molecule has 2 aliphatic rings. The topological polar surface area (TPSA) is 19.4 Å². The second kappa shape index (κ2) is 4.94. The molecule has 17 heavy (non-hydrogen) atoms. The number of halogens is 1. The van der Waals surface area contributed by atoms with Crippen LogP contribution in [-0.4, -0.2) is 42.1 Å². The minimum absolute atomic E-state index is 0.761. The molecule has 92 valence electrons. The van der Waals surface area contributed by atoms with E-state index in [9.17, 15) is 0 Å². The highest BCUT2D eigenvalue weighted by Crippen LogP contribution is 2.25. The summed E-state index contributed by atoms with van der Waals surface area (Å²) in [6.07, 6.45) is 7.96. The molecule has 1 aromatic heterocycles. The van der Waals surface area contributed by atoms with E-state index in [0.29, 0.717) is 0 Å². The normalized spacial score (nSPS) is 25.7.